The van der Waals surface area contributed by atoms with Crippen molar-refractivity contribution in [2.45, 2.75) is 33.1 Å². The molecule has 0 aliphatic rings. The third-order valence-electron chi connectivity index (χ3n) is 2.82. The van der Waals surface area contributed by atoms with E-state index in [-0.39, 0.29) is 5.97 Å². The molecule has 3 nitrogen and oxygen atoms in total. The minimum atomic E-state index is -0.222. The second kappa shape index (κ2) is 7.75. The van der Waals surface area contributed by atoms with Gasteiger partial charge in [0.2, 0.25) is 0 Å². The van der Waals surface area contributed by atoms with Gasteiger partial charge in [-0.2, -0.15) is 0 Å². The van der Waals surface area contributed by atoms with E-state index in [4.69, 9.17) is 4.74 Å². The van der Waals surface area contributed by atoms with Gasteiger partial charge in [0.1, 0.15) is 5.75 Å². The van der Waals surface area contributed by atoms with Crippen molar-refractivity contribution in [3.8, 4) is 5.75 Å². The molecule has 1 atom stereocenters. The van der Waals surface area contributed by atoms with Gasteiger partial charge >= 0.3 is 5.97 Å². The Morgan fingerprint density at radius 3 is 2.50 bits per heavy atom. The van der Waals surface area contributed by atoms with Crippen molar-refractivity contribution in [2.75, 3.05) is 13.7 Å². The molecule has 100 valence electrons. The van der Waals surface area contributed by atoms with E-state index in [1.807, 2.05) is 24.3 Å². The summed E-state index contributed by atoms with van der Waals surface area (Å²) < 4.78 is 10.3. The largest absolute Gasteiger partial charge is 0.493 e. The van der Waals surface area contributed by atoms with Gasteiger partial charge in [0, 0.05) is 0 Å². The molecule has 0 N–H and O–H groups in total. The second-order valence-corrected chi connectivity index (χ2v) is 4.60. The maximum atomic E-state index is 11.1. The molecule has 0 saturated carbocycles. The van der Waals surface area contributed by atoms with Crippen LogP contribution in [0.5, 0.6) is 5.75 Å². The van der Waals surface area contributed by atoms with Crippen molar-refractivity contribution in [3.05, 3.63) is 29.8 Å². The lowest BCUT2D eigenvalue weighted by Crippen LogP contribution is -2.08. The Bertz CT molecular complexity index is 357. The van der Waals surface area contributed by atoms with Gasteiger partial charge in [-0.25, -0.2) is 0 Å². The highest BCUT2D eigenvalue weighted by molar-refractivity contribution is 5.72. The molecule has 3 heteroatoms. The predicted octanol–water partition coefficient (Wildman–Crippen LogP) is 3.22. The number of hydrogen-bond acceptors (Lipinski definition) is 3. The highest BCUT2D eigenvalue weighted by Gasteiger charge is 2.04. The summed E-state index contributed by atoms with van der Waals surface area (Å²) in [6.07, 6.45) is 2.67. The van der Waals surface area contributed by atoms with Gasteiger partial charge in [0.15, 0.2) is 0 Å². The molecule has 1 unspecified atom stereocenters. The smallest absolute Gasteiger partial charge is 0.309 e. The first-order valence-electron chi connectivity index (χ1n) is 6.44. The summed E-state index contributed by atoms with van der Waals surface area (Å²) >= 11 is 0. The van der Waals surface area contributed by atoms with Crippen LogP contribution in [0.25, 0.3) is 0 Å². The number of carbonyl (C=O) groups is 1. The summed E-state index contributed by atoms with van der Waals surface area (Å²) in [5.74, 6) is 1.21. The Labute approximate surface area is 109 Å². The van der Waals surface area contributed by atoms with Crippen LogP contribution in [0.3, 0.4) is 0 Å². The Balaban J connectivity index is 2.42. The van der Waals surface area contributed by atoms with Crippen molar-refractivity contribution in [1.82, 2.24) is 0 Å². The molecule has 1 aromatic rings. The van der Waals surface area contributed by atoms with Crippen LogP contribution in [-0.2, 0) is 16.0 Å². The minimum absolute atomic E-state index is 0.222. The molecule has 0 fully saturated rings. The van der Waals surface area contributed by atoms with Crippen LogP contribution in [0.2, 0.25) is 0 Å². The van der Waals surface area contributed by atoms with E-state index in [0.717, 1.165) is 17.9 Å². The number of methoxy groups -OCH3 is 1. The summed E-state index contributed by atoms with van der Waals surface area (Å²) in [5, 5.41) is 0. The van der Waals surface area contributed by atoms with Crippen molar-refractivity contribution in [1.29, 1.82) is 0 Å². The fraction of sp³-hybridized carbons (Fsp3) is 0.533. The maximum absolute atomic E-state index is 11.1. The zero-order valence-corrected chi connectivity index (χ0v) is 11.4. The average Bonchev–Trinajstić information content (AvgIpc) is 2.38. The molecule has 0 aliphatic carbocycles. The zero-order chi connectivity index (χ0) is 13.4. The highest BCUT2D eigenvalue weighted by Crippen LogP contribution is 2.15. The number of carbonyl (C=O) groups excluding carboxylic acids is 1. The van der Waals surface area contributed by atoms with Gasteiger partial charge in [0.05, 0.1) is 20.1 Å². The third kappa shape index (κ3) is 5.21. The van der Waals surface area contributed by atoms with E-state index in [2.05, 4.69) is 18.6 Å². The number of hydrogen-bond donors (Lipinski definition) is 0. The summed E-state index contributed by atoms with van der Waals surface area (Å²) in [4.78, 5) is 11.1. The van der Waals surface area contributed by atoms with Crippen LogP contribution in [0.4, 0.5) is 0 Å². The fourth-order valence-electron chi connectivity index (χ4n) is 1.76. The molecule has 0 amide bonds. The maximum Gasteiger partial charge on any atom is 0.309 e. The molecule has 0 spiro atoms. The van der Waals surface area contributed by atoms with Crippen molar-refractivity contribution in [2.24, 2.45) is 5.92 Å². The topological polar surface area (TPSA) is 35.5 Å². The lowest BCUT2D eigenvalue weighted by atomic mass is 10.1. The Morgan fingerprint density at radius 1 is 1.28 bits per heavy atom. The van der Waals surface area contributed by atoms with Crippen molar-refractivity contribution < 1.29 is 14.3 Å². The summed E-state index contributed by atoms with van der Waals surface area (Å²) in [6, 6.07) is 7.60. The predicted molar refractivity (Wildman–Crippen MR) is 71.7 cm³/mol. The van der Waals surface area contributed by atoms with Crippen LogP contribution >= 0.6 is 0 Å². The summed E-state index contributed by atoms with van der Waals surface area (Å²) in [6.45, 7) is 5.11. The Kier molecular flexibility index (Phi) is 6.26. The molecule has 0 bridgehead atoms. The molecular weight excluding hydrogens is 228 g/mol. The number of ether oxygens (including phenoxy) is 2. The van der Waals surface area contributed by atoms with E-state index in [9.17, 15) is 4.79 Å². The lowest BCUT2D eigenvalue weighted by Gasteiger charge is -2.12. The molecule has 0 saturated heterocycles. The first kappa shape index (κ1) is 14.6. The zero-order valence-electron chi connectivity index (χ0n) is 11.4. The van der Waals surface area contributed by atoms with Crippen LogP contribution in [0, 0.1) is 5.92 Å². The lowest BCUT2D eigenvalue weighted by molar-refractivity contribution is -0.139. The molecule has 0 radical (unpaired) electrons. The van der Waals surface area contributed by atoms with Gasteiger partial charge in [-0.1, -0.05) is 32.4 Å². The highest BCUT2D eigenvalue weighted by atomic mass is 16.5. The number of rotatable bonds is 7. The molecular formula is C15H22O3. The van der Waals surface area contributed by atoms with Gasteiger partial charge in [-0.05, 0) is 30.0 Å². The van der Waals surface area contributed by atoms with Crippen molar-refractivity contribution in [3.63, 3.8) is 0 Å². The molecule has 1 rings (SSSR count). The number of esters is 1. The SMILES string of the molecule is CCCC(C)COc1ccc(CC(=O)OC)cc1. The fourth-order valence-corrected chi connectivity index (χ4v) is 1.76. The third-order valence-corrected chi connectivity index (χ3v) is 2.82. The molecule has 0 aliphatic heterocycles. The van der Waals surface area contributed by atoms with Gasteiger partial charge in [0.25, 0.3) is 0 Å². The van der Waals surface area contributed by atoms with E-state index in [1.54, 1.807) is 0 Å². The van der Waals surface area contributed by atoms with E-state index in [0.29, 0.717) is 12.3 Å². The molecule has 18 heavy (non-hydrogen) atoms. The van der Waals surface area contributed by atoms with Crippen LogP contribution in [0.1, 0.15) is 32.3 Å². The summed E-state index contributed by atoms with van der Waals surface area (Å²) in [7, 11) is 1.40. The van der Waals surface area contributed by atoms with Gasteiger partial charge < -0.3 is 9.47 Å². The van der Waals surface area contributed by atoms with Crippen LogP contribution in [-0.4, -0.2) is 19.7 Å². The Hall–Kier alpha value is -1.51. The minimum Gasteiger partial charge on any atom is -0.493 e. The summed E-state index contributed by atoms with van der Waals surface area (Å²) in [5.41, 5.74) is 0.941. The quantitative estimate of drug-likeness (QED) is 0.697. The Morgan fingerprint density at radius 2 is 1.94 bits per heavy atom. The van der Waals surface area contributed by atoms with E-state index >= 15 is 0 Å². The second-order valence-electron chi connectivity index (χ2n) is 4.60. The van der Waals surface area contributed by atoms with Crippen LogP contribution < -0.4 is 4.74 Å². The monoisotopic (exact) mass is 250 g/mol. The van der Waals surface area contributed by atoms with Crippen molar-refractivity contribution >= 4 is 5.97 Å². The number of benzene rings is 1. The molecule has 1 aromatic carbocycles. The first-order chi connectivity index (χ1) is 8.65. The van der Waals surface area contributed by atoms with Gasteiger partial charge in [-0.15, -0.1) is 0 Å². The van der Waals surface area contributed by atoms with Crippen LogP contribution in [0.15, 0.2) is 24.3 Å². The van der Waals surface area contributed by atoms with Gasteiger partial charge in [-0.3, -0.25) is 4.79 Å². The first-order valence-corrected chi connectivity index (χ1v) is 6.44. The molecule has 0 aromatic heterocycles. The standard InChI is InChI=1S/C15H22O3/c1-4-5-12(2)11-18-14-8-6-13(7-9-14)10-15(16)17-3/h6-9,12H,4-5,10-11H2,1-3H3. The van der Waals surface area contributed by atoms with E-state index < -0.39 is 0 Å². The normalized spacial score (nSPS) is 11.9. The molecule has 0 heterocycles. The average molecular weight is 250 g/mol. The van der Waals surface area contributed by atoms with E-state index in [1.165, 1.54) is 20.0 Å².